The molecule has 2 nitrogen and oxygen atoms in total. The van der Waals surface area contributed by atoms with Crippen molar-refractivity contribution in [3.63, 3.8) is 0 Å². The maximum Gasteiger partial charge on any atom is 0.123 e. The molecule has 0 heterocycles. The molecule has 1 atom stereocenters. The summed E-state index contributed by atoms with van der Waals surface area (Å²) in [7, 11) is 0. The third-order valence-electron chi connectivity index (χ3n) is 3.01. The van der Waals surface area contributed by atoms with E-state index in [1.54, 1.807) is 6.07 Å². The predicted octanol–water partition coefficient (Wildman–Crippen LogP) is 1.97. The Morgan fingerprint density at radius 1 is 1.47 bits per heavy atom. The first-order chi connectivity index (χ1) is 7.25. The van der Waals surface area contributed by atoms with Crippen LogP contribution in [0.5, 0.6) is 0 Å². The first-order valence-electron chi connectivity index (χ1n) is 5.50. The van der Waals surface area contributed by atoms with Crippen LogP contribution in [0.15, 0.2) is 24.3 Å². The average Bonchev–Trinajstić information content (AvgIpc) is 2.15. The van der Waals surface area contributed by atoms with Crippen molar-refractivity contribution >= 4 is 0 Å². The Bertz CT molecular complexity index is 323. The lowest BCUT2D eigenvalue weighted by Gasteiger charge is -2.28. The molecule has 1 unspecified atom stereocenters. The van der Waals surface area contributed by atoms with Gasteiger partial charge in [-0.05, 0) is 30.5 Å². The third kappa shape index (κ3) is 2.76. The predicted molar refractivity (Wildman–Crippen MR) is 59.0 cm³/mol. The van der Waals surface area contributed by atoms with Gasteiger partial charge >= 0.3 is 0 Å². The van der Waals surface area contributed by atoms with Gasteiger partial charge in [0, 0.05) is 18.6 Å². The van der Waals surface area contributed by atoms with Gasteiger partial charge in [0.25, 0.3) is 0 Å². The van der Waals surface area contributed by atoms with Crippen LogP contribution in [0.3, 0.4) is 0 Å². The fourth-order valence-electron chi connectivity index (χ4n) is 1.76. The third-order valence-corrected chi connectivity index (χ3v) is 3.01. The first kappa shape index (κ1) is 10.6. The summed E-state index contributed by atoms with van der Waals surface area (Å²) in [5.41, 5.74) is 6.82. The van der Waals surface area contributed by atoms with Gasteiger partial charge in [0.15, 0.2) is 0 Å². The quantitative estimate of drug-likeness (QED) is 0.794. The van der Waals surface area contributed by atoms with E-state index in [0.29, 0.717) is 6.04 Å². The molecule has 0 spiro atoms. The average molecular weight is 208 g/mol. The van der Waals surface area contributed by atoms with Gasteiger partial charge in [-0.2, -0.15) is 0 Å². The van der Waals surface area contributed by atoms with E-state index in [1.807, 2.05) is 6.07 Å². The molecule has 0 radical (unpaired) electrons. The van der Waals surface area contributed by atoms with Crippen molar-refractivity contribution < 1.29 is 4.39 Å². The minimum atomic E-state index is -0.216. The van der Waals surface area contributed by atoms with Crippen molar-refractivity contribution in [2.24, 2.45) is 5.73 Å². The Morgan fingerprint density at radius 3 is 2.87 bits per heavy atom. The van der Waals surface area contributed by atoms with Gasteiger partial charge in [0.2, 0.25) is 0 Å². The van der Waals surface area contributed by atoms with Gasteiger partial charge in [0.1, 0.15) is 5.82 Å². The molecule has 0 amide bonds. The van der Waals surface area contributed by atoms with Crippen molar-refractivity contribution in [2.75, 3.05) is 6.54 Å². The fourth-order valence-corrected chi connectivity index (χ4v) is 1.76. The van der Waals surface area contributed by atoms with E-state index < -0.39 is 0 Å². The summed E-state index contributed by atoms with van der Waals surface area (Å²) in [6.07, 6.45) is 3.80. The second-order valence-electron chi connectivity index (χ2n) is 4.20. The second kappa shape index (κ2) is 4.73. The highest BCUT2D eigenvalue weighted by Gasteiger charge is 2.17. The van der Waals surface area contributed by atoms with Crippen molar-refractivity contribution in [3.8, 4) is 0 Å². The molecule has 0 saturated heterocycles. The van der Waals surface area contributed by atoms with Crippen LogP contribution in [-0.2, 0) is 0 Å². The van der Waals surface area contributed by atoms with Crippen LogP contribution in [0.1, 0.15) is 30.9 Å². The van der Waals surface area contributed by atoms with Gasteiger partial charge in [-0.1, -0.05) is 18.6 Å². The van der Waals surface area contributed by atoms with Gasteiger partial charge < -0.3 is 11.1 Å². The Labute approximate surface area is 89.7 Å². The number of nitrogens with one attached hydrogen (secondary N) is 1. The molecule has 0 aliphatic heterocycles. The van der Waals surface area contributed by atoms with Crippen molar-refractivity contribution in [3.05, 3.63) is 35.6 Å². The SMILES string of the molecule is NC(CNC1CCC1)c1cccc(F)c1. The van der Waals surface area contributed by atoms with Crippen molar-refractivity contribution in [2.45, 2.75) is 31.3 Å². The minimum absolute atomic E-state index is 0.110. The molecular weight excluding hydrogens is 191 g/mol. The molecular formula is C12H17FN2. The van der Waals surface area contributed by atoms with Crippen molar-refractivity contribution in [1.82, 2.24) is 5.32 Å². The first-order valence-corrected chi connectivity index (χ1v) is 5.50. The summed E-state index contributed by atoms with van der Waals surface area (Å²) in [6.45, 7) is 0.730. The lowest BCUT2D eigenvalue weighted by atomic mass is 9.93. The summed E-state index contributed by atoms with van der Waals surface area (Å²) in [6, 6.07) is 7.04. The molecule has 1 saturated carbocycles. The summed E-state index contributed by atoms with van der Waals surface area (Å²) >= 11 is 0. The maximum absolute atomic E-state index is 12.9. The maximum atomic E-state index is 12.9. The molecule has 1 aromatic carbocycles. The highest BCUT2D eigenvalue weighted by Crippen LogP contribution is 2.19. The molecule has 82 valence electrons. The number of hydrogen-bond acceptors (Lipinski definition) is 2. The molecule has 1 aliphatic carbocycles. The van der Waals surface area contributed by atoms with Crippen LogP contribution >= 0.6 is 0 Å². The van der Waals surface area contributed by atoms with Crippen LogP contribution in [0.4, 0.5) is 4.39 Å². The summed E-state index contributed by atoms with van der Waals surface area (Å²) < 4.78 is 12.9. The number of nitrogens with two attached hydrogens (primary N) is 1. The molecule has 2 rings (SSSR count). The van der Waals surface area contributed by atoms with Gasteiger partial charge in [0.05, 0.1) is 0 Å². The van der Waals surface area contributed by atoms with E-state index in [2.05, 4.69) is 5.32 Å². The molecule has 1 fully saturated rings. The van der Waals surface area contributed by atoms with E-state index in [9.17, 15) is 4.39 Å². The Morgan fingerprint density at radius 2 is 2.27 bits per heavy atom. The van der Waals surface area contributed by atoms with Gasteiger partial charge in [-0.25, -0.2) is 4.39 Å². The van der Waals surface area contributed by atoms with Crippen LogP contribution in [-0.4, -0.2) is 12.6 Å². The van der Waals surface area contributed by atoms with Crippen LogP contribution < -0.4 is 11.1 Å². The zero-order chi connectivity index (χ0) is 10.7. The standard InChI is InChI=1S/C12H17FN2/c13-10-4-1-3-9(7-10)12(14)8-15-11-5-2-6-11/h1,3-4,7,11-12,15H,2,5-6,8,14H2. The normalized spacial score (nSPS) is 18.5. The number of hydrogen-bond donors (Lipinski definition) is 2. The lowest BCUT2D eigenvalue weighted by Crippen LogP contribution is -2.39. The highest BCUT2D eigenvalue weighted by atomic mass is 19.1. The molecule has 0 bridgehead atoms. The molecule has 1 aliphatic rings. The fraction of sp³-hybridized carbons (Fsp3) is 0.500. The monoisotopic (exact) mass is 208 g/mol. The van der Waals surface area contributed by atoms with Crippen molar-refractivity contribution in [1.29, 1.82) is 0 Å². The topological polar surface area (TPSA) is 38.0 Å². The van der Waals surface area contributed by atoms with Crippen LogP contribution in [0, 0.1) is 5.82 Å². The largest absolute Gasteiger partial charge is 0.323 e. The van der Waals surface area contributed by atoms with Crippen LogP contribution in [0.25, 0.3) is 0 Å². The number of halogens is 1. The van der Waals surface area contributed by atoms with Crippen LogP contribution in [0.2, 0.25) is 0 Å². The molecule has 3 heteroatoms. The molecule has 3 N–H and O–H groups in total. The molecule has 15 heavy (non-hydrogen) atoms. The lowest BCUT2D eigenvalue weighted by molar-refractivity contribution is 0.332. The van der Waals surface area contributed by atoms with E-state index in [4.69, 9.17) is 5.73 Å². The smallest absolute Gasteiger partial charge is 0.123 e. The second-order valence-corrected chi connectivity index (χ2v) is 4.20. The van der Waals surface area contributed by atoms with E-state index in [0.717, 1.165) is 12.1 Å². The number of benzene rings is 1. The summed E-state index contributed by atoms with van der Waals surface area (Å²) in [5.74, 6) is -0.216. The zero-order valence-corrected chi connectivity index (χ0v) is 8.75. The van der Waals surface area contributed by atoms with E-state index in [-0.39, 0.29) is 11.9 Å². The zero-order valence-electron chi connectivity index (χ0n) is 8.75. The molecule has 0 aromatic heterocycles. The highest BCUT2D eigenvalue weighted by molar-refractivity contribution is 5.20. The van der Waals surface area contributed by atoms with E-state index in [1.165, 1.54) is 31.4 Å². The molecule has 1 aromatic rings. The van der Waals surface area contributed by atoms with E-state index >= 15 is 0 Å². The number of rotatable bonds is 4. The Balaban J connectivity index is 1.86. The Kier molecular flexibility index (Phi) is 3.34. The minimum Gasteiger partial charge on any atom is -0.323 e. The Hall–Kier alpha value is -0.930. The summed E-state index contributed by atoms with van der Waals surface area (Å²) in [4.78, 5) is 0. The summed E-state index contributed by atoms with van der Waals surface area (Å²) in [5, 5.41) is 3.39. The van der Waals surface area contributed by atoms with Gasteiger partial charge in [-0.3, -0.25) is 0 Å². The van der Waals surface area contributed by atoms with Gasteiger partial charge in [-0.15, -0.1) is 0 Å².